The fourth-order valence-corrected chi connectivity index (χ4v) is 3.27. The minimum Gasteiger partial charge on any atom is -0.493 e. The molecule has 0 aromatic heterocycles. The van der Waals surface area contributed by atoms with Gasteiger partial charge >= 0.3 is 0 Å². The fraction of sp³-hybridized carbons (Fsp3) is 0.143. The Morgan fingerprint density at radius 2 is 1.54 bits per heavy atom. The summed E-state index contributed by atoms with van der Waals surface area (Å²) in [6, 6.07) is 16.5. The zero-order chi connectivity index (χ0) is 20.1. The summed E-state index contributed by atoms with van der Waals surface area (Å²) in [5.41, 5.74) is 2.77. The van der Waals surface area contributed by atoms with E-state index in [9.17, 15) is 0 Å². The van der Waals surface area contributed by atoms with Crippen molar-refractivity contribution in [3.8, 4) is 11.5 Å². The molecule has 0 atom stereocenters. The topological polar surface area (TPSA) is 30.5 Å². The van der Waals surface area contributed by atoms with Crippen molar-refractivity contribution < 1.29 is 9.47 Å². The molecule has 0 heterocycles. The van der Waals surface area contributed by atoms with Crippen LogP contribution in [0.4, 0.5) is 5.69 Å². The molecule has 0 aliphatic heterocycles. The smallest absolute Gasteiger partial charge is 0.180 e. The molecule has 0 bridgehead atoms. The Labute approximate surface area is 184 Å². The van der Waals surface area contributed by atoms with E-state index in [0.29, 0.717) is 44.7 Å². The molecule has 1 N–H and O–H groups in total. The first-order valence-electron chi connectivity index (χ1n) is 8.39. The highest BCUT2D eigenvalue weighted by Crippen LogP contribution is 2.37. The summed E-state index contributed by atoms with van der Waals surface area (Å²) in [6.07, 6.45) is 0. The second-order valence-electron chi connectivity index (χ2n) is 6.01. The summed E-state index contributed by atoms with van der Waals surface area (Å²) in [5, 5.41) is 5.44. The van der Waals surface area contributed by atoms with E-state index in [1.807, 2.05) is 42.5 Å². The van der Waals surface area contributed by atoms with Gasteiger partial charge in [0.25, 0.3) is 0 Å². The van der Waals surface area contributed by atoms with Crippen molar-refractivity contribution in [1.82, 2.24) is 0 Å². The van der Waals surface area contributed by atoms with Crippen molar-refractivity contribution in [3.63, 3.8) is 0 Å². The van der Waals surface area contributed by atoms with Gasteiger partial charge in [-0.1, -0.05) is 58.5 Å². The number of nitrogens with one attached hydrogen (secondary N) is 1. The number of rotatable bonds is 7. The Bertz CT molecular complexity index is 961. The Hall–Kier alpha value is -1.78. The van der Waals surface area contributed by atoms with Crippen LogP contribution in [0.3, 0.4) is 0 Å². The van der Waals surface area contributed by atoms with Gasteiger partial charge in [-0.25, -0.2) is 0 Å². The summed E-state index contributed by atoms with van der Waals surface area (Å²) in [4.78, 5) is 0. The highest BCUT2D eigenvalue weighted by Gasteiger charge is 2.13. The highest BCUT2D eigenvalue weighted by atomic mass is 35.5. The predicted octanol–water partition coefficient (Wildman–Crippen LogP) is 7.50. The maximum absolute atomic E-state index is 6.44. The van der Waals surface area contributed by atoms with Gasteiger partial charge < -0.3 is 14.8 Å². The van der Waals surface area contributed by atoms with E-state index in [1.54, 1.807) is 19.2 Å². The van der Waals surface area contributed by atoms with E-state index in [-0.39, 0.29) is 0 Å². The normalized spacial score (nSPS) is 10.6. The second-order valence-corrected chi connectivity index (χ2v) is 7.66. The van der Waals surface area contributed by atoms with E-state index < -0.39 is 0 Å². The van der Waals surface area contributed by atoms with Gasteiger partial charge in [0.05, 0.1) is 22.2 Å². The third-order valence-corrected chi connectivity index (χ3v) is 5.27. The molecule has 28 heavy (non-hydrogen) atoms. The van der Waals surface area contributed by atoms with Gasteiger partial charge in [0.15, 0.2) is 11.5 Å². The first kappa shape index (κ1) is 20.9. The van der Waals surface area contributed by atoms with Gasteiger partial charge in [0.2, 0.25) is 0 Å². The molecule has 0 saturated heterocycles. The summed E-state index contributed by atoms with van der Waals surface area (Å²) in [7, 11) is 1.58. The number of methoxy groups -OCH3 is 1. The lowest BCUT2D eigenvalue weighted by Crippen LogP contribution is -2.02. The van der Waals surface area contributed by atoms with Gasteiger partial charge in [-0.15, -0.1) is 0 Å². The molecule has 7 heteroatoms. The molecule has 0 aliphatic carbocycles. The van der Waals surface area contributed by atoms with Gasteiger partial charge in [0, 0.05) is 17.3 Å². The van der Waals surface area contributed by atoms with E-state index in [4.69, 9.17) is 55.9 Å². The maximum Gasteiger partial charge on any atom is 0.180 e. The maximum atomic E-state index is 6.44. The van der Waals surface area contributed by atoms with Crippen LogP contribution in [0.5, 0.6) is 11.5 Å². The minimum absolute atomic E-state index is 0.355. The second kappa shape index (κ2) is 9.62. The summed E-state index contributed by atoms with van der Waals surface area (Å²) < 4.78 is 11.3. The molecular formula is C21H17Cl4NO2. The zero-order valence-corrected chi connectivity index (χ0v) is 18.0. The van der Waals surface area contributed by atoms with Gasteiger partial charge in [0.1, 0.15) is 6.61 Å². The average Bonchev–Trinajstić information content (AvgIpc) is 2.69. The van der Waals surface area contributed by atoms with Crippen LogP contribution < -0.4 is 14.8 Å². The predicted molar refractivity (Wildman–Crippen MR) is 118 cm³/mol. The highest BCUT2D eigenvalue weighted by molar-refractivity contribution is 6.42. The molecule has 3 rings (SSSR count). The van der Waals surface area contributed by atoms with Crippen LogP contribution in [-0.4, -0.2) is 7.11 Å². The molecule has 0 radical (unpaired) electrons. The van der Waals surface area contributed by atoms with Crippen LogP contribution >= 0.6 is 46.4 Å². The van der Waals surface area contributed by atoms with Crippen LogP contribution in [0.1, 0.15) is 11.1 Å². The van der Waals surface area contributed by atoms with E-state index in [0.717, 1.165) is 16.8 Å². The van der Waals surface area contributed by atoms with Crippen LogP contribution in [-0.2, 0) is 13.2 Å². The molecule has 0 saturated carbocycles. The Morgan fingerprint density at radius 3 is 2.21 bits per heavy atom. The number of hydrogen-bond acceptors (Lipinski definition) is 3. The number of ether oxygens (including phenoxy) is 2. The lowest BCUT2D eigenvalue weighted by molar-refractivity contribution is 0.284. The van der Waals surface area contributed by atoms with Crippen LogP contribution in [0.25, 0.3) is 0 Å². The monoisotopic (exact) mass is 455 g/mol. The molecular weight excluding hydrogens is 440 g/mol. The van der Waals surface area contributed by atoms with Crippen molar-refractivity contribution in [2.45, 2.75) is 13.2 Å². The molecule has 0 aliphatic rings. The van der Waals surface area contributed by atoms with E-state index in [2.05, 4.69) is 5.32 Å². The van der Waals surface area contributed by atoms with Gasteiger partial charge in [-0.2, -0.15) is 0 Å². The molecule has 0 fully saturated rings. The Morgan fingerprint density at radius 1 is 0.786 bits per heavy atom. The largest absolute Gasteiger partial charge is 0.493 e. The summed E-state index contributed by atoms with van der Waals surface area (Å²) in [5.74, 6) is 1.06. The summed E-state index contributed by atoms with van der Waals surface area (Å²) >= 11 is 24.3. The molecule has 3 aromatic rings. The van der Waals surface area contributed by atoms with Crippen molar-refractivity contribution >= 4 is 52.1 Å². The van der Waals surface area contributed by atoms with Crippen molar-refractivity contribution in [1.29, 1.82) is 0 Å². The van der Waals surface area contributed by atoms with E-state index in [1.165, 1.54) is 0 Å². The van der Waals surface area contributed by atoms with Crippen molar-refractivity contribution in [3.05, 3.63) is 85.8 Å². The SMILES string of the molecule is COc1cc(CNc2ccc(Cl)c(Cl)c2)cc(Cl)c1OCc1ccc(Cl)cc1. The molecule has 3 aromatic carbocycles. The number of hydrogen-bond donors (Lipinski definition) is 1. The fourth-order valence-electron chi connectivity index (χ4n) is 2.56. The molecule has 0 spiro atoms. The average molecular weight is 457 g/mol. The van der Waals surface area contributed by atoms with Crippen molar-refractivity contribution in [2.75, 3.05) is 12.4 Å². The molecule has 0 amide bonds. The first-order valence-corrected chi connectivity index (χ1v) is 9.90. The third kappa shape index (κ3) is 5.39. The molecule has 146 valence electrons. The quantitative estimate of drug-likeness (QED) is 0.399. The van der Waals surface area contributed by atoms with Crippen molar-refractivity contribution in [2.24, 2.45) is 0 Å². The lowest BCUT2D eigenvalue weighted by Gasteiger charge is -2.15. The van der Waals surface area contributed by atoms with Crippen LogP contribution in [0, 0.1) is 0 Å². The Kier molecular flexibility index (Phi) is 7.19. The number of benzene rings is 3. The van der Waals surface area contributed by atoms with Gasteiger partial charge in [-0.3, -0.25) is 0 Å². The molecule has 0 unspecified atom stereocenters. The Balaban J connectivity index is 1.71. The van der Waals surface area contributed by atoms with Crippen LogP contribution in [0.2, 0.25) is 20.1 Å². The first-order chi connectivity index (χ1) is 13.5. The van der Waals surface area contributed by atoms with Crippen LogP contribution in [0.15, 0.2) is 54.6 Å². The third-order valence-electron chi connectivity index (χ3n) is 4.00. The number of halogens is 4. The minimum atomic E-state index is 0.355. The van der Waals surface area contributed by atoms with Gasteiger partial charge in [-0.05, 0) is 53.6 Å². The lowest BCUT2D eigenvalue weighted by atomic mass is 10.2. The molecule has 3 nitrogen and oxygen atoms in total. The standard InChI is InChI=1S/C21H17Cl4NO2/c1-27-20-9-14(11-26-16-6-7-17(23)18(24)10-16)8-19(25)21(20)28-12-13-2-4-15(22)5-3-13/h2-10,26H,11-12H2,1H3. The number of anilines is 1. The summed E-state index contributed by atoms with van der Waals surface area (Å²) in [6.45, 7) is 0.889. The van der Waals surface area contributed by atoms with E-state index >= 15 is 0 Å². The zero-order valence-electron chi connectivity index (χ0n) is 14.9.